The summed E-state index contributed by atoms with van der Waals surface area (Å²) in [6.07, 6.45) is -0.00337. The van der Waals surface area contributed by atoms with Gasteiger partial charge in [-0.25, -0.2) is 4.79 Å². The number of benzene rings is 1. The van der Waals surface area contributed by atoms with Crippen molar-refractivity contribution in [3.8, 4) is 16.5 Å². The normalized spacial score (nSPS) is 18.6. The molecule has 0 radical (unpaired) electrons. The van der Waals surface area contributed by atoms with Crippen molar-refractivity contribution in [1.29, 1.82) is 5.26 Å². The van der Waals surface area contributed by atoms with E-state index < -0.39 is 29.7 Å². The monoisotopic (exact) mass is 524 g/mol. The molecule has 2 aliphatic rings. The molecule has 0 saturated carbocycles. The first-order valence-electron chi connectivity index (χ1n) is 12.3. The number of ether oxygens (including phenoxy) is 2. The molecule has 4 rings (SSSR count). The number of nitrogens with zero attached hydrogens (tertiary/aromatic N) is 3. The van der Waals surface area contributed by atoms with E-state index in [0.29, 0.717) is 32.4 Å². The highest BCUT2D eigenvalue weighted by Gasteiger charge is 2.31. The molecule has 1 fully saturated rings. The number of hydrogen-bond acceptors (Lipinski definition) is 7. The Kier molecular flexibility index (Phi) is 7.85. The van der Waals surface area contributed by atoms with Crippen molar-refractivity contribution in [2.24, 2.45) is 0 Å². The second-order valence-electron chi connectivity index (χ2n) is 10.3. The van der Waals surface area contributed by atoms with E-state index in [2.05, 4.69) is 11.4 Å². The number of likely N-dealkylation sites (N-methyl/N-ethyl adjacent to an activating group) is 1. The highest BCUT2D eigenvalue weighted by Crippen LogP contribution is 2.35. The summed E-state index contributed by atoms with van der Waals surface area (Å²) in [4.78, 5) is 42.6. The second-order valence-corrected chi connectivity index (χ2v) is 11.4. The topological polar surface area (TPSA) is 112 Å². The van der Waals surface area contributed by atoms with Crippen LogP contribution >= 0.6 is 11.3 Å². The Hall–Kier alpha value is -3.42. The summed E-state index contributed by atoms with van der Waals surface area (Å²) in [6, 6.07) is 11.4. The van der Waals surface area contributed by atoms with Crippen LogP contribution in [0, 0.1) is 11.3 Å². The summed E-state index contributed by atoms with van der Waals surface area (Å²) >= 11 is 1.55. The third-order valence-corrected chi connectivity index (χ3v) is 7.36. The van der Waals surface area contributed by atoms with Gasteiger partial charge in [0.1, 0.15) is 11.6 Å². The molecule has 0 aliphatic carbocycles. The largest absolute Gasteiger partial charge is 0.444 e. The summed E-state index contributed by atoms with van der Waals surface area (Å²) in [7, 11) is 1.78. The lowest BCUT2D eigenvalue weighted by atomic mass is 10.1. The summed E-state index contributed by atoms with van der Waals surface area (Å²) in [5.74, 6) is -0.344. The Bertz CT molecular complexity index is 1230. The van der Waals surface area contributed by atoms with Crippen molar-refractivity contribution in [3.05, 3.63) is 40.8 Å². The lowest BCUT2D eigenvalue weighted by Crippen LogP contribution is -2.48. The molecule has 2 aliphatic heterocycles. The van der Waals surface area contributed by atoms with E-state index >= 15 is 0 Å². The third kappa shape index (κ3) is 6.48. The van der Waals surface area contributed by atoms with E-state index in [-0.39, 0.29) is 12.5 Å². The smallest absolute Gasteiger partial charge is 0.410 e. The number of anilines is 1. The molecule has 0 bridgehead atoms. The van der Waals surface area contributed by atoms with Gasteiger partial charge in [0.05, 0.1) is 19.0 Å². The molecule has 3 heterocycles. The molecule has 2 atom stereocenters. The molecular weight excluding hydrogens is 492 g/mol. The van der Waals surface area contributed by atoms with Gasteiger partial charge in [-0.15, -0.1) is 11.3 Å². The molecule has 1 saturated heterocycles. The molecule has 1 aromatic heterocycles. The summed E-state index contributed by atoms with van der Waals surface area (Å²) in [5, 5.41) is 12.5. The van der Waals surface area contributed by atoms with Gasteiger partial charge in [0.25, 0.3) is 5.91 Å². The summed E-state index contributed by atoms with van der Waals surface area (Å²) < 4.78 is 11.1. The molecule has 1 N–H and O–H groups in total. The highest BCUT2D eigenvalue weighted by atomic mass is 32.1. The van der Waals surface area contributed by atoms with E-state index in [1.165, 1.54) is 4.90 Å². The van der Waals surface area contributed by atoms with Crippen LogP contribution in [0.2, 0.25) is 0 Å². The quantitative estimate of drug-likeness (QED) is 0.641. The fraction of sp³-hybridized carbons (Fsp3) is 0.481. The molecule has 0 spiro atoms. The van der Waals surface area contributed by atoms with Crippen molar-refractivity contribution in [1.82, 2.24) is 10.2 Å². The molecular formula is C27H32N4O5S. The van der Waals surface area contributed by atoms with E-state index in [0.717, 1.165) is 26.6 Å². The maximum atomic E-state index is 13.0. The van der Waals surface area contributed by atoms with Crippen LogP contribution in [-0.2, 0) is 31.9 Å². The Balaban J connectivity index is 1.38. The van der Waals surface area contributed by atoms with Gasteiger partial charge in [0, 0.05) is 42.1 Å². The van der Waals surface area contributed by atoms with Crippen LogP contribution in [0.15, 0.2) is 30.3 Å². The number of rotatable bonds is 5. The van der Waals surface area contributed by atoms with Crippen LogP contribution in [0.3, 0.4) is 0 Å². The predicted molar refractivity (Wildman–Crippen MR) is 140 cm³/mol. The maximum Gasteiger partial charge on any atom is 0.410 e. The first kappa shape index (κ1) is 26.6. The van der Waals surface area contributed by atoms with Crippen LogP contribution in [0.1, 0.15) is 37.6 Å². The van der Waals surface area contributed by atoms with E-state index in [1.54, 1.807) is 44.1 Å². The minimum atomic E-state index is -0.879. The third-order valence-electron chi connectivity index (χ3n) is 6.21. The first-order chi connectivity index (χ1) is 17.5. The van der Waals surface area contributed by atoms with Crippen molar-refractivity contribution in [2.75, 3.05) is 31.6 Å². The Labute approximate surface area is 220 Å². The first-order valence-corrected chi connectivity index (χ1v) is 13.1. The molecule has 1 aromatic carbocycles. The zero-order valence-electron chi connectivity index (χ0n) is 21.6. The predicted octanol–water partition coefficient (Wildman–Crippen LogP) is 3.51. The zero-order valence-corrected chi connectivity index (χ0v) is 22.4. The molecule has 2 aromatic rings. The lowest BCUT2D eigenvalue weighted by Gasteiger charge is -2.27. The van der Waals surface area contributed by atoms with Crippen molar-refractivity contribution >= 4 is 34.9 Å². The average Bonchev–Trinajstić information content (AvgIpc) is 3.30. The minimum Gasteiger partial charge on any atom is -0.444 e. The number of thiophene rings is 1. The van der Waals surface area contributed by atoms with Crippen LogP contribution < -0.4 is 10.2 Å². The minimum absolute atomic E-state index is 0.0668. The fourth-order valence-electron chi connectivity index (χ4n) is 4.31. The highest BCUT2D eigenvalue weighted by molar-refractivity contribution is 7.15. The van der Waals surface area contributed by atoms with E-state index in [9.17, 15) is 19.6 Å². The molecule has 1 unspecified atom stereocenters. The van der Waals surface area contributed by atoms with Crippen LogP contribution in [0.5, 0.6) is 0 Å². The standard InChI is InChI=1S/C27H32N4O5S/c1-27(2,3)36-26(34)31-10-5-11-35-22(16-31)25(33)29-19(15-28)14-20-8-9-23(37-20)18-7-6-17-13-24(32)30(4)21(17)12-18/h6-9,12,19,22H,5,10-11,13-14,16H2,1-4H3,(H,29,33)/t19?,22-/m0/s1. The van der Waals surface area contributed by atoms with Gasteiger partial charge < -0.3 is 24.6 Å². The van der Waals surface area contributed by atoms with Crippen LogP contribution in [-0.4, -0.2) is 67.3 Å². The maximum absolute atomic E-state index is 13.0. The molecule has 37 heavy (non-hydrogen) atoms. The van der Waals surface area contributed by atoms with Gasteiger partial charge in [-0.05, 0) is 56.5 Å². The Morgan fingerprint density at radius 1 is 1.30 bits per heavy atom. The summed E-state index contributed by atoms with van der Waals surface area (Å²) in [6.45, 7) is 6.22. The van der Waals surface area contributed by atoms with Crippen LogP contribution in [0.4, 0.5) is 10.5 Å². The number of nitrogens with one attached hydrogen (secondary N) is 1. The number of hydrogen-bond donors (Lipinski definition) is 1. The number of nitriles is 1. The van der Waals surface area contributed by atoms with Gasteiger partial charge in [-0.2, -0.15) is 5.26 Å². The van der Waals surface area contributed by atoms with Gasteiger partial charge in [-0.3, -0.25) is 9.59 Å². The van der Waals surface area contributed by atoms with Crippen LogP contribution in [0.25, 0.3) is 10.4 Å². The Morgan fingerprint density at radius 3 is 2.81 bits per heavy atom. The fourth-order valence-corrected chi connectivity index (χ4v) is 5.36. The van der Waals surface area contributed by atoms with Crippen molar-refractivity contribution in [3.63, 3.8) is 0 Å². The molecule has 9 nitrogen and oxygen atoms in total. The second kappa shape index (κ2) is 10.9. The SMILES string of the molecule is CN1C(=O)Cc2ccc(-c3ccc(CC(C#N)NC(=O)[C@@H]4CN(C(=O)OC(C)(C)C)CCCO4)s3)cc21. The van der Waals surface area contributed by atoms with E-state index in [4.69, 9.17) is 9.47 Å². The van der Waals surface area contributed by atoms with Gasteiger partial charge in [-0.1, -0.05) is 12.1 Å². The number of carbonyl (C=O) groups excluding carboxylic acids is 3. The molecule has 196 valence electrons. The molecule has 3 amide bonds. The number of carbonyl (C=O) groups is 3. The zero-order chi connectivity index (χ0) is 26.7. The van der Waals surface area contributed by atoms with Gasteiger partial charge in [0.2, 0.25) is 5.91 Å². The van der Waals surface area contributed by atoms with E-state index in [1.807, 2.05) is 30.3 Å². The lowest BCUT2D eigenvalue weighted by molar-refractivity contribution is -0.133. The average molecular weight is 525 g/mol. The van der Waals surface area contributed by atoms with Gasteiger partial charge >= 0.3 is 6.09 Å². The van der Waals surface area contributed by atoms with Crippen molar-refractivity contribution in [2.45, 2.75) is 57.8 Å². The Morgan fingerprint density at radius 2 is 2.08 bits per heavy atom. The van der Waals surface area contributed by atoms with Crippen molar-refractivity contribution < 1.29 is 23.9 Å². The van der Waals surface area contributed by atoms with Gasteiger partial charge in [0.15, 0.2) is 6.10 Å². The number of fused-ring (bicyclic) bond motifs is 1. The molecule has 10 heteroatoms. The summed E-state index contributed by atoms with van der Waals surface area (Å²) in [5.41, 5.74) is 2.30. The number of amides is 3.